The number of ether oxygens (including phenoxy) is 1. The molecule has 0 fully saturated rings. The van der Waals surface area contributed by atoms with Gasteiger partial charge in [-0.25, -0.2) is 0 Å². The molecule has 2 N–H and O–H groups in total. The van der Waals surface area contributed by atoms with Crippen molar-refractivity contribution in [3.8, 4) is 0 Å². The molecular formula is C22H25ClN2O2. The molecule has 2 aromatic carbocycles. The molecule has 142 valence electrons. The van der Waals surface area contributed by atoms with Gasteiger partial charge < -0.3 is 15.0 Å². The van der Waals surface area contributed by atoms with Crippen molar-refractivity contribution in [2.75, 3.05) is 20.3 Å². The Morgan fingerprint density at radius 3 is 2.70 bits per heavy atom. The molecule has 0 radical (unpaired) electrons. The molecule has 0 bridgehead atoms. The molecule has 1 aromatic heterocycles. The lowest BCUT2D eigenvalue weighted by Crippen LogP contribution is -2.28. The second-order valence-corrected chi connectivity index (χ2v) is 7.02. The van der Waals surface area contributed by atoms with Gasteiger partial charge in [0.1, 0.15) is 0 Å². The van der Waals surface area contributed by atoms with Gasteiger partial charge in [0.25, 0.3) is 0 Å². The van der Waals surface area contributed by atoms with E-state index in [1.54, 1.807) is 7.11 Å². The van der Waals surface area contributed by atoms with Crippen molar-refractivity contribution in [2.45, 2.75) is 25.7 Å². The highest BCUT2D eigenvalue weighted by molar-refractivity contribution is 6.30. The van der Waals surface area contributed by atoms with Crippen molar-refractivity contribution < 1.29 is 9.53 Å². The van der Waals surface area contributed by atoms with Gasteiger partial charge in [-0.3, -0.25) is 4.79 Å². The molecule has 4 nitrogen and oxygen atoms in total. The fourth-order valence-electron chi connectivity index (χ4n) is 3.47. The Kier molecular flexibility index (Phi) is 6.54. The monoisotopic (exact) mass is 384 g/mol. The number of aromatic nitrogens is 1. The summed E-state index contributed by atoms with van der Waals surface area (Å²) in [6, 6.07) is 14.1. The Labute approximate surface area is 164 Å². The smallest absolute Gasteiger partial charge is 0.221 e. The van der Waals surface area contributed by atoms with Gasteiger partial charge in [0.05, 0.1) is 6.61 Å². The van der Waals surface area contributed by atoms with Gasteiger partial charge in [-0.15, -0.1) is 0 Å². The van der Waals surface area contributed by atoms with E-state index in [2.05, 4.69) is 35.4 Å². The molecule has 5 heteroatoms. The van der Waals surface area contributed by atoms with Gasteiger partial charge in [-0.1, -0.05) is 48.9 Å². The summed E-state index contributed by atoms with van der Waals surface area (Å²) in [7, 11) is 1.62. The zero-order valence-corrected chi connectivity index (χ0v) is 16.5. The lowest BCUT2D eigenvalue weighted by atomic mass is 9.87. The van der Waals surface area contributed by atoms with Crippen molar-refractivity contribution in [2.24, 2.45) is 0 Å². The van der Waals surface area contributed by atoms with Crippen molar-refractivity contribution >= 4 is 28.4 Å². The largest absolute Gasteiger partial charge is 0.383 e. The predicted molar refractivity (Wildman–Crippen MR) is 110 cm³/mol. The normalized spacial score (nSPS) is 12.3. The van der Waals surface area contributed by atoms with Crippen LogP contribution in [0.2, 0.25) is 5.02 Å². The standard InChI is InChI=1S/C22H25ClN2O2/c1-3-15-5-4-6-18-20(14-25-22(15)18)19(13-21(26)24-11-12-27-2)16-7-9-17(23)10-8-16/h4-10,14,19,25H,3,11-13H2,1-2H3,(H,24,26). The third kappa shape index (κ3) is 4.52. The van der Waals surface area contributed by atoms with Gasteiger partial charge in [-0.2, -0.15) is 0 Å². The van der Waals surface area contributed by atoms with E-state index in [0.717, 1.165) is 23.1 Å². The number of amides is 1. The summed E-state index contributed by atoms with van der Waals surface area (Å²) in [5.41, 5.74) is 4.63. The molecular weight excluding hydrogens is 360 g/mol. The lowest BCUT2D eigenvalue weighted by molar-refractivity contribution is -0.121. The highest BCUT2D eigenvalue weighted by Crippen LogP contribution is 2.35. The molecule has 3 rings (SSSR count). The number of benzene rings is 2. The summed E-state index contributed by atoms with van der Waals surface area (Å²) >= 11 is 6.07. The van der Waals surface area contributed by atoms with Crippen LogP contribution in [0.5, 0.6) is 0 Å². The number of rotatable bonds is 8. The van der Waals surface area contributed by atoms with E-state index in [1.807, 2.05) is 30.5 Å². The van der Waals surface area contributed by atoms with Crippen LogP contribution in [0.25, 0.3) is 10.9 Å². The van der Waals surface area contributed by atoms with Gasteiger partial charge in [0, 0.05) is 48.1 Å². The Hall–Kier alpha value is -2.30. The number of aromatic amines is 1. The Morgan fingerprint density at radius 1 is 1.22 bits per heavy atom. The van der Waals surface area contributed by atoms with E-state index in [4.69, 9.17) is 16.3 Å². The van der Waals surface area contributed by atoms with Crippen LogP contribution in [0.15, 0.2) is 48.7 Å². The second kappa shape index (κ2) is 9.07. The van der Waals surface area contributed by atoms with Gasteiger partial charge in [-0.05, 0) is 35.2 Å². The average molecular weight is 385 g/mol. The number of fused-ring (bicyclic) bond motifs is 1. The molecule has 0 aliphatic rings. The van der Waals surface area contributed by atoms with E-state index in [9.17, 15) is 4.79 Å². The molecule has 27 heavy (non-hydrogen) atoms. The van der Waals surface area contributed by atoms with Crippen molar-refractivity contribution in [1.82, 2.24) is 10.3 Å². The number of nitrogens with one attached hydrogen (secondary N) is 2. The number of carbonyl (C=O) groups is 1. The van der Waals surface area contributed by atoms with E-state index >= 15 is 0 Å². The minimum atomic E-state index is -0.0503. The summed E-state index contributed by atoms with van der Waals surface area (Å²) < 4.78 is 5.02. The summed E-state index contributed by atoms with van der Waals surface area (Å²) in [6.45, 7) is 3.16. The summed E-state index contributed by atoms with van der Waals surface area (Å²) in [5, 5.41) is 4.78. The summed E-state index contributed by atoms with van der Waals surface area (Å²) in [6.07, 6.45) is 3.36. The number of carbonyl (C=O) groups excluding carboxylic acids is 1. The number of H-pyrrole nitrogens is 1. The molecule has 1 amide bonds. The first-order chi connectivity index (χ1) is 13.1. The molecule has 0 aliphatic heterocycles. The van der Waals surface area contributed by atoms with Crippen LogP contribution < -0.4 is 5.32 Å². The second-order valence-electron chi connectivity index (χ2n) is 6.59. The molecule has 0 saturated carbocycles. The number of hydrogen-bond acceptors (Lipinski definition) is 2. The molecule has 1 heterocycles. The van der Waals surface area contributed by atoms with Crippen LogP contribution in [-0.2, 0) is 16.0 Å². The van der Waals surface area contributed by atoms with Crippen LogP contribution in [0.1, 0.15) is 36.0 Å². The third-order valence-corrected chi connectivity index (χ3v) is 5.13. The Bertz CT molecular complexity index is 902. The number of methoxy groups -OCH3 is 1. The van der Waals surface area contributed by atoms with Crippen LogP contribution >= 0.6 is 11.6 Å². The molecule has 0 aliphatic carbocycles. The fourth-order valence-corrected chi connectivity index (χ4v) is 3.60. The summed E-state index contributed by atoms with van der Waals surface area (Å²) in [5.74, 6) is -0.0429. The molecule has 0 saturated heterocycles. The molecule has 3 aromatic rings. The minimum Gasteiger partial charge on any atom is -0.383 e. The maximum Gasteiger partial charge on any atom is 0.221 e. The number of halogens is 1. The first-order valence-electron chi connectivity index (χ1n) is 9.24. The zero-order chi connectivity index (χ0) is 19.2. The SMILES string of the molecule is CCc1cccc2c(C(CC(=O)NCCOC)c3ccc(Cl)cc3)c[nH]c12. The topological polar surface area (TPSA) is 54.1 Å². The molecule has 0 spiro atoms. The maximum absolute atomic E-state index is 12.5. The van der Waals surface area contributed by atoms with Crippen molar-refractivity contribution in [3.05, 3.63) is 70.4 Å². The maximum atomic E-state index is 12.5. The molecule has 1 unspecified atom stereocenters. The highest BCUT2D eigenvalue weighted by Gasteiger charge is 2.22. The number of para-hydroxylation sites is 1. The van der Waals surface area contributed by atoms with Crippen LogP contribution in [0, 0.1) is 0 Å². The minimum absolute atomic E-state index is 0.00740. The van der Waals surface area contributed by atoms with E-state index in [1.165, 1.54) is 10.9 Å². The quantitative estimate of drug-likeness (QED) is 0.554. The third-order valence-electron chi connectivity index (χ3n) is 4.88. The number of hydrogen-bond donors (Lipinski definition) is 2. The van der Waals surface area contributed by atoms with Gasteiger partial charge in [0.2, 0.25) is 5.91 Å². The lowest BCUT2D eigenvalue weighted by Gasteiger charge is -2.17. The Balaban J connectivity index is 1.97. The van der Waals surface area contributed by atoms with Gasteiger partial charge in [0.15, 0.2) is 0 Å². The Morgan fingerprint density at radius 2 is 2.00 bits per heavy atom. The van der Waals surface area contributed by atoms with Crippen LogP contribution in [0.3, 0.4) is 0 Å². The zero-order valence-electron chi connectivity index (χ0n) is 15.7. The first-order valence-corrected chi connectivity index (χ1v) is 9.61. The average Bonchev–Trinajstić information content (AvgIpc) is 3.11. The summed E-state index contributed by atoms with van der Waals surface area (Å²) in [4.78, 5) is 15.9. The molecule has 1 atom stereocenters. The fraction of sp³-hybridized carbons (Fsp3) is 0.318. The van der Waals surface area contributed by atoms with Crippen molar-refractivity contribution in [3.63, 3.8) is 0 Å². The van der Waals surface area contributed by atoms with Crippen LogP contribution in [0.4, 0.5) is 0 Å². The van der Waals surface area contributed by atoms with Crippen LogP contribution in [-0.4, -0.2) is 31.2 Å². The van der Waals surface area contributed by atoms with E-state index < -0.39 is 0 Å². The van der Waals surface area contributed by atoms with Crippen molar-refractivity contribution in [1.29, 1.82) is 0 Å². The first kappa shape index (κ1) is 19.5. The van der Waals surface area contributed by atoms with E-state index in [0.29, 0.717) is 24.6 Å². The highest BCUT2D eigenvalue weighted by atomic mass is 35.5. The van der Waals surface area contributed by atoms with E-state index in [-0.39, 0.29) is 11.8 Å². The predicted octanol–water partition coefficient (Wildman–Crippen LogP) is 4.67. The number of aryl methyl sites for hydroxylation is 1. The van der Waals surface area contributed by atoms with Gasteiger partial charge >= 0.3 is 0 Å².